The van der Waals surface area contributed by atoms with Gasteiger partial charge in [-0.1, -0.05) is 37.3 Å². The van der Waals surface area contributed by atoms with Gasteiger partial charge in [0.2, 0.25) is 0 Å². The van der Waals surface area contributed by atoms with Crippen LogP contribution in [0, 0.1) is 0 Å². The van der Waals surface area contributed by atoms with E-state index in [1.807, 2.05) is 25.2 Å². The Morgan fingerprint density at radius 1 is 1.16 bits per heavy atom. The summed E-state index contributed by atoms with van der Waals surface area (Å²) in [7, 11) is 5.26. The molecule has 0 unspecified atom stereocenters. The van der Waals surface area contributed by atoms with E-state index in [0.29, 0.717) is 24.0 Å². The number of hydrogen-bond acceptors (Lipinski definition) is 7. The van der Waals surface area contributed by atoms with E-state index in [4.69, 9.17) is 0 Å². The van der Waals surface area contributed by atoms with Crippen LogP contribution in [-0.4, -0.2) is 60.3 Å². The van der Waals surface area contributed by atoms with Crippen molar-refractivity contribution in [1.29, 1.82) is 0 Å². The molecule has 0 atom stereocenters. The highest BCUT2D eigenvalue weighted by Crippen LogP contribution is 2.27. The third-order valence-corrected chi connectivity index (χ3v) is 5.16. The maximum absolute atomic E-state index is 12.2. The zero-order valence-electron chi connectivity index (χ0n) is 18.8. The summed E-state index contributed by atoms with van der Waals surface area (Å²) in [6.45, 7) is 4.53. The van der Waals surface area contributed by atoms with Crippen molar-refractivity contribution in [2.24, 2.45) is 0 Å². The number of thiazole rings is 1. The molecule has 0 bridgehead atoms. The Hall–Kier alpha value is -3.37. The van der Waals surface area contributed by atoms with Gasteiger partial charge in [0, 0.05) is 26.7 Å². The first-order chi connectivity index (χ1) is 15.2. The Labute approximate surface area is 191 Å². The van der Waals surface area contributed by atoms with Crippen molar-refractivity contribution < 1.29 is 14.4 Å². The second-order valence-corrected chi connectivity index (χ2v) is 8.37. The SMILES string of the molecule is CN(C)C(=O)Nc1nc2ccc(CNC(=O)c3cccc(C=O)n3)cc2s1.CNC(C)C. The largest absolute Gasteiger partial charge is 0.347 e. The third-order valence-electron chi connectivity index (χ3n) is 4.23. The van der Waals surface area contributed by atoms with E-state index in [1.165, 1.54) is 22.3 Å². The van der Waals surface area contributed by atoms with Gasteiger partial charge in [-0.2, -0.15) is 0 Å². The molecule has 170 valence electrons. The van der Waals surface area contributed by atoms with E-state index in [2.05, 4.69) is 39.8 Å². The van der Waals surface area contributed by atoms with Crippen LogP contribution >= 0.6 is 11.3 Å². The molecule has 3 aromatic rings. The number of benzene rings is 1. The predicted octanol–water partition coefficient (Wildman–Crippen LogP) is 3.14. The molecule has 0 saturated heterocycles. The number of nitrogens with one attached hydrogen (secondary N) is 3. The van der Waals surface area contributed by atoms with E-state index in [-0.39, 0.29) is 23.3 Å². The average molecular weight is 457 g/mol. The second-order valence-electron chi connectivity index (χ2n) is 7.34. The van der Waals surface area contributed by atoms with Crippen molar-refractivity contribution >= 4 is 44.9 Å². The zero-order chi connectivity index (χ0) is 23.7. The highest BCUT2D eigenvalue weighted by Gasteiger charge is 2.11. The topological polar surface area (TPSA) is 116 Å². The van der Waals surface area contributed by atoms with Crippen LogP contribution in [0.25, 0.3) is 10.2 Å². The summed E-state index contributed by atoms with van der Waals surface area (Å²) in [5, 5.41) is 9.04. The van der Waals surface area contributed by atoms with Gasteiger partial charge in [-0.05, 0) is 36.9 Å². The van der Waals surface area contributed by atoms with Gasteiger partial charge in [-0.15, -0.1) is 0 Å². The number of hydrogen-bond donors (Lipinski definition) is 3. The van der Waals surface area contributed by atoms with Crippen molar-refractivity contribution in [3.8, 4) is 0 Å². The van der Waals surface area contributed by atoms with Crippen molar-refractivity contribution in [2.75, 3.05) is 26.5 Å². The summed E-state index contributed by atoms with van der Waals surface area (Å²) in [6.07, 6.45) is 0.598. The van der Waals surface area contributed by atoms with Crippen LogP contribution in [0.4, 0.5) is 9.93 Å². The molecule has 0 aliphatic carbocycles. The van der Waals surface area contributed by atoms with E-state index in [1.54, 1.807) is 26.2 Å². The van der Waals surface area contributed by atoms with Crippen LogP contribution in [0.15, 0.2) is 36.4 Å². The van der Waals surface area contributed by atoms with Crippen molar-refractivity contribution in [1.82, 2.24) is 25.5 Å². The summed E-state index contributed by atoms with van der Waals surface area (Å²) in [5.41, 5.74) is 2.05. The quantitative estimate of drug-likeness (QED) is 0.491. The fourth-order valence-corrected chi connectivity index (χ4v) is 3.17. The molecule has 2 heterocycles. The molecule has 0 fully saturated rings. The molecule has 0 saturated carbocycles. The first kappa shape index (κ1) is 24.9. The number of carbonyl (C=O) groups excluding carboxylic acids is 3. The molecule has 10 heteroatoms. The molecular weight excluding hydrogens is 428 g/mol. The highest BCUT2D eigenvalue weighted by atomic mass is 32.1. The first-order valence-corrected chi connectivity index (χ1v) is 10.8. The number of urea groups is 1. The monoisotopic (exact) mass is 456 g/mol. The second kappa shape index (κ2) is 11.9. The standard InChI is InChI=1S/C18H17N5O3S.C4H11N/c1-23(2)18(26)22-17-21-13-7-6-11(8-15(13)27-17)9-19-16(25)14-5-3-4-12(10-24)20-14;1-4(2)5-3/h3-8,10H,9H2,1-2H3,(H,19,25)(H,21,22,26);4-5H,1-3H3. The predicted molar refractivity (Wildman–Crippen MR) is 127 cm³/mol. The van der Waals surface area contributed by atoms with E-state index in [9.17, 15) is 14.4 Å². The average Bonchev–Trinajstić information content (AvgIpc) is 3.19. The van der Waals surface area contributed by atoms with Gasteiger partial charge in [0.15, 0.2) is 11.4 Å². The van der Waals surface area contributed by atoms with Gasteiger partial charge in [-0.3, -0.25) is 14.9 Å². The number of anilines is 1. The Morgan fingerprint density at radius 3 is 2.50 bits per heavy atom. The fourth-order valence-electron chi connectivity index (χ4n) is 2.25. The number of pyridine rings is 1. The van der Waals surface area contributed by atoms with Crippen molar-refractivity contribution in [2.45, 2.75) is 26.4 Å². The highest BCUT2D eigenvalue weighted by molar-refractivity contribution is 7.22. The molecule has 9 nitrogen and oxygen atoms in total. The lowest BCUT2D eigenvalue weighted by atomic mass is 10.2. The van der Waals surface area contributed by atoms with Crippen molar-refractivity contribution in [3.05, 3.63) is 53.3 Å². The molecule has 0 aliphatic rings. The number of nitrogens with zero attached hydrogens (tertiary/aromatic N) is 3. The minimum atomic E-state index is -0.359. The zero-order valence-corrected chi connectivity index (χ0v) is 19.6. The van der Waals surface area contributed by atoms with E-state index < -0.39 is 0 Å². The molecule has 3 amide bonds. The lowest BCUT2D eigenvalue weighted by Crippen LogP contribution is -2.27. The molecule has 0 aliphatic heterocycles. The normalized spacial score (nSPS) is 10.3. The summed E-state index contributed by atoms with van der Waals surface area (Å²) in [5.74, 6) is -0.359. The Bertz CT molecular complexity index is 1080. The lowest BCUT2D eigenvalue weighted by Gasteiger charge is -2.08. The number of amides is 3. The van der Waals surface area contributed by atoms with Crippen LogP contribution in [0.3, 0.4) is 0 Å². The van der Waals surface area contributed by atoms with Crippen molar-refractivity contribution in [3.63, 3.8) is 0 Å². The molecule has 0 spiro atoms. The first-order valence-electron chi connectivity index (χ1n) is 9.99. The summed E-state index contributed by atoms with van der Waals surface area (Å²) < 4.78 is 0.900. The van der Waals surface area contributed by atoms with E-state index in [0.717, 1.165) is 15.8 Å². The van der Waals surface area contributed by atoms with E-state index >= 15 is 0 Å². The van der Waals surface area contributed by atoms with Gasteiger partial charge in [0.1, 0.15) is 11.4 Å². The minimum Gasteiger partial charge on any atom is -0.347 e. The van der Waals surface area contributed by atoms with Crippen LogP contribution in [-0.2, 0) is 6.54 Å². The van der Waals surface area contributed by atoms with Gasteiger partial charge in [0.25, 0.3) is 5.91 Å². The lowest BCUT2D eigenvalue weighted by molar-refractivity contribution is 0.0946. The molecule has 3 rings (SSSR count). The van der Waals surface area contributed by atoms with Crippen LogP contribution in [0.1, 0.15) is 40.4 Å². The van der Waals surface area contributed by atoms with Crippen LogP contribution in [0.5, 0.6) is 0 Å². The molecule has 0 radical (unpaired) electrons. The van der Waals surface area contributed by atoms with Gasteiger partial charge in [0.05, 0.1) is 10.2 Å². The third kappa shape index (κ3) is 7.40. The Morgan fingerprint density at radius 2 is 1.88 bits per heavy atom. The Balaban J connectivity index is 0.000000654. The smallest absolute Gasteiger partial charge is 0.323 e. The van der Waals surface area contributed by atoms with Gasteiger partial charge in [-0.25, -0.2) is 14.8 Å². The number of fused-ring (bicyclic) bond motifs is 1. The molecular formula is C22H28N6O3S. The molecule has 3 N–H and O–H groups in total. The maximum Gasteiger partial charge on any atom is 0.323 e. The number of rotatable bonds is 6. The summed E-state index contributed by atoms with van der Waals surface area (Å²) in [6, 6.07) is 10.7. The van der Waals surface area contributed by atoms with Gasteiger partial charge >= 0.3 is 6.03 Å². The van der Waals surface area contributed by atoms with Crippen LogP contribution < -0.4 is 16.0 Å². The summed E-state index contributed by atoms with van der Waals surface area (Å²) in [4.78, 5) is 44.4. The van der Waals surface area contributed by atoms with Gasteiger partial charge < -0.3 is 15.5 Å². The Kier molecular flexibility index (Phi) is 9.23. The fraction of sp³-hybridized carbons (Fsp3) is 0.318. The molecule has 2 aromatic heterocycles. The maximum atomic E-state index is 12.2. The number of carbonyl (C=O) groups is 3. The number of aldehydes is 1. The number of aromatic nitrogens is 2. The van der Waals surface area contributed by atoms with Crippen LogP contribution in [0.2, 0.25) is 0 Å². The minimum absolute atomic E-state index is 0.187. The molecule has 1 aromatic carbocycles. The molecule has 32 heavy (non-hydrogen) atoms. The summed E-state index contributed by atoms with van der Waals surface area (Å²) >= 11 is 1.36.